The molecule has 0 aliphatic heterocycles. The lowest BCUT2D eigenvalue weighted by atomic mass is 10.0. The second-order valence-electron chi connectivity index (χ2n) is 13.7. The number of unbranched alkanes of at least 4 members (excludes halogenated alkanes) is 13. The van der Waals surface area contributed by atoms with Crippen molar-refractivity contribution < 1.29 is 31.1 Å². The zero-order chi connectivity index (χ0) is 40.7. The standard InChI is InChI=1S/C40H51Cl3N4O7S2/c1-4-5-6-7-8-9-10-11-12-13-14-15-16-20-25-46(2)56(51,52)31-23-24-33(41)36(28-31)44-37-29-38(54-40(48)53-30-21-18-17-19-22-30)47(45-37)39-34(42)26-32(27-35(39)43)55(3,49)50/h17-19,21-24,26-29H,4-16,20,25H2,1-3H3,(H,44,45). The summed E-state index contributed by atoms with van der Waals surface area (Å²) in [7, 11) is -5.98. The lowest BCUT2D eigenvalue weighted by Gasteiger charge is -2.18. The van der Waals surface area contributed by atoms with E-state index in [1.54, 1.807) is 37.4 Å². The molecule has 4 rings (SSSR count). The Balaban J connectivity index is 1.42. The van der Waals surface area contributed by atoms with Crippen molar-refractivity contribution in [1.29, 1.82) is 0 Å². The smallest absolute Gasteiger partial charge is 0.395 e. The number of sulfone groups is 1. The fourth-order valence-electron chi connectivity index (χ4n) is 6.04. The normalized spacial score (nSPS) is 11.9. The molecule has 0 aliphatic carbocycles. The van der Waals surface area contributed by atoms with Crippen LogP contribution in [0.1, 0.15) is 96.8 Å². The van der Waals surface area contributed by atoms with Crippen molar-refractivity contribution in [3.8, 4) is 17.3 Å². The number of ether oxygens (including phenoxy) is 2. The quantitative estimate of drug-likeness (QED) is 0.0439. The minimum atomic E-state index is -3.87. The van der Waals surface area contributed by atoms with Crippen LogP contribution in [0.4, 0.5) is 16.3 Å². The van der Waals surface area contributed by atoms with Gasteiger partial charge in [0, 0.05) is 25.9 Å². The Labute approximate surface area is 346 Å². The molecule has 1 aromatic heterocycles. The van der Waals surface area contributed by atoms with Crippen LogP contribution in [0.5, 0.6) is 11.6 Å². The van der Waals surface area contributed by atoms with Gasteiger partial charge in [-0.15, -0.1) is 5.10 Å². The summed E-state index contributed by atoms with van der Waals surface area (Å²) < 4.78 is 64.8. The minimum Gasteiger partial charge on any atom is -0.395 e. The second kappa shape index (κ2) is 22.0. The molecule has 0 saturated carbocycles. The Morgan fingerprint density at radius 3 is 1.82 bits per heavy atom. The molecular weight excluding hydrogens is 819 g/mol. The summed E-state index contributed by atoms with van der Waals surface area (Å²) in [6.07, 6.45) is 16.9. The first-order chi connectivity index (χ1) is 26.7. The maximum atomic E-state index is 13.6. The molecule has 4 aromatic rings. The summed E-state index contributed by atoms with van der Waals surface area (Å²) in [5, 5.41) is 7.41. The molecule has 1 heterocycles. The van der Waals surface area contributed by atoms with E-state index in [4.69, 9.17) is 44.3 Å². The maximum Gasteiger partial charge on any atom is 0.520 e. The number of rotatable bonds is 23. The van der Waals surface area contributed by atoms with Crippen LogP contribution in [-0.2, 0) is 19.9 Å². The van der Waals surface area contributed by atoms with Gasteiger partial charge in [-0.3, -0.25) is 0 Å². The molecule has 3 aromatic carbocycles. The summed E-state index contributed by atoms with van der Waals surface area (Å²) >= 11 is 19.6. The highest BCUT2D eigenvalue weighted by Crippen LogP contribution is 2.37. The molecule has 306 valence electrons. The van der Waals surface area contributed by atoms with E-state index in [1.807, 2.05) is 0 Å². The van der Waals surface area contributed by atoms with E-state index in [1.165, 1.54) is 105 Å². The van der Waals surface area contributed by atoms with Gasteiger partial charge in [-0.05, 0) is 48.9 Å². The van der Waals surface area contributed by atoms with E-state index in [2.05, 4.69) is 17.3 Å². The van der Waals surface area contributed by atoms with Gasteiger partial charge in [0.15, 0.2) is 15.7 Å². The second-order valence-corrected chi connectivity index (χ2v) is 19.0. The first kappa shape index (κ1) is 45.4. The number of hydrogen-bond acceptors (Lipinski definition) is 9. The van der Waals surface area contributed by atoms with Gasteiger partial charge in [0.05, 0.1) is 30.5 Å². The molecule has 16 heteroatoms. The number of carbonyl (C=O) groups is 1. The molecule has 0 fully saturated rings. The summed E-state index contributed by atoms with van der Waals surface area (Å²) in [5.41, 5.74) is 0.203. The predicted molar refractivity (Wildman–Crippen MR) is 225 cm³/mol. The number of anilines is 2. The van der Waals surface area contributed by atoms with E-state index >= 15 is 0 Å². The van der Waals surface area contributed by atoms with Crippen molar-refractivity contribution in [1.82, 2.24) is 14.1 Å². The van der Waals surface area contributed by atoms with Gasteiger partial charge in [-0.25, -0.2) is 25.9 Å². The number of para-hydroxylation sites is 1. The Bertz CT molecular complexity index is 2090. The molecule has 0 atom stereocenters. The van der Waals surface area contributed by atoms with Crippen molar-refractivity contribution in [2.45, 2.75) is 107 Å². The molecule has 0 bridgehead atoms. The largest absolute Gasteiger partial charge is 0.520 e. The number of nitrogens with one attached hydrogen (secondary N) is 1. The lowest BCUT2D eigenvalue weighted by molar-refractivity contribution is 0.148. The molecule has 0 radical (unpaired) electrons. The topological polar surface area (TPSA) is 137 Å². The minimum absolute atomic E-state index is 0.00356. The van der Waals surface area contributed by atoms with Gasteiger partial charge in [-0.2, -0.15) is 4.68 Å². The third-order valence-electron chi connectivity index (χ3n) is 9.17. The van der Waals surface area contributed by atoms with Crippen LogP contribution < -0.4 is 14.8 Å². The number of sulfonamides is 1. The SMILES string of the molecule is CCCCCCCCCCCCCCCCN(C)S(=O)(=O)c1ccc(Cl)c(Nc2cc(OC(=O)Oc3ccccc3)n(-c3c(Cl)cc(S(C)(=O)=O)cc3Cl)n2)c1. The number of hydrogen-bond donors (Lipinski definition) is 1. The van der Waals surface area contributed by atoms with E-state index in [9.17, 15) is 21.6 Å². The molecule has 0 aliphatic rings. The molecular formula is C40H51Cl3N4O7S2. The fourth-order valence-corrected chi connectivity index (χ4v) is 8.88. The first-order valence-corrected chi connectivity index (χ1v) is 23.4. The summed E-state index contributed by atoms with van der Waals surface area (Å²) in [5.74, 6) is 0.0609. The highest BCUT2D eigenvalue weighted by atomic mass is 35.5. The van der Waals surface area contributed by atoms with Crippen molar-refractivity contribution in [2.75, 3.05) is 25.2 Å². The summed E-state index contributed by atoms with van der Waals surface area (Å²) in [6.45, 7) is 2.61. The highest BCUT2D eigenvalue weighted by Gasteiger charge is 2.25. The number of carbonyl (C=O) groups excluding carboxylic acids is 1. The van der Waals surface area contributed by atoms with Crippen molar-refractivity contribution >= 4 is 72.3 Å². The van der Waals surface area contributed by atoms with E-state index in [-0.39, 0.29) is 53.7 Å². The number of nitrogens with zero attached hydrogens (tertiary/aromatic N) is 3. The average Bonchev–Trinajstić information content (AvgIpc) is 3.52. The number of benzene rings is 3. The predicted octanol–water partition coefficient (Wildman–Crippen LogP) is 11.7. The Hall–Kier alpha value is -3.33. The first-order valence-electron chi connectivity index (χ1n) is 19.0. The fraction of sp³-hybridized carbons (Fsp3) is 0.450. The van der Waals surface area contributed by atoms with Crippen LogP contribution >= 0.6 is 34.8 Å². The number of halogens is 3. The van der Waals surface area contributed by atoms with Crippen LogP contribution in [0, 0.1) is 0 Å². The van der Waals surface area contributed by atoms with Crippen molar-refractivity contribution in [2.24, 2.45) is 0 Å². The highest BCUT2D eigenvalue weighted by molar-refractivity contribution is 7.90. The Kier molecular flexibility index (Phi) is 17.8. The van der Waals surface area contributed by atoms with Gasteiger partial charge in [-0.1, -0.05) is 143 Å². The van der Waals surface area contributed by atoms with Gasteiger partial charge in [0.2, 0.25) is 15.9 Å². The average molecular weight is 870 g/mol. The molecule has 0 amide bonds. The molecule has 56 heavy (non-hydrogen) atoms. The zero-order valence-corrected chi connectivity index (χ0v) is 36.0. The molecule has 0 unspecified atom stereocenters. The zero-order valence-electron chi connectivity index (χ0n) is 32.1. The van der Waals surface area contributed by atoms with Crippen LogP contribution in [0.3, 0.4) is 0 Å². The Morgan fingerprint density at radius 2 is 1.27 bits per heavy atom. The van der Waals surface area contributed by atoms with Gasteiger partial charge < -0.3 is 14.8 Å². The summed E-state index contributed by atoms with van der Waals surface area (Å²) in [4.78, 5) is 12.7. The lowest BCUT2D eigenvalue weighted by Crippen LogP contribution is -2.28. The number of aromatic nitrogens is 2. The third kappa shape index (κ3) is 13.7. The van der Waals surface area contributed by atoms with Crippen molar-refractivity contribution in [3.05, 3.63) is 81.8 Å². The monoisotopic (exact) mass is 868 g/mol. The maximum absolute atomic E-state index is 13.6. The van der Waals surface area contributed by atoms with Gasteiger partial charge >= 0.3 is 6.16 Å². The van der Waals surface area contributed by atoms with Crippen LogP contribution in [-0.4, -0.2) is 56.9 Å². The van der Waals surface area contributed by atoms with Gasteiger partial charge in [0.1, 0.15) is 11.4 Å². The summed E-state index contributed by atoms with van der Waals surface area (Å²) in [6, 6.07) is 16.2. The Morgan fingerprint density at radius 1 is 0.714 bits per heavy atom. The van der Waals surface area contributed by atoms with Gasteiger partial charge in [0.25, 0.3) is 0 Å². The van der Waals surface area contributed by atoms with Crippen LogP contribution in [0.2, 0.25) is 15.1 Å². The molecule has 0 saturated heterocycles. The molecule has 1 N–H and O–H groups in total. The van der Waals surface area contributed by atoms with E-state index < -0.39 is 26.0 Å². The molecule has 11 nitrogen and oxygen atoms in total. The van der Waals surface area contributed by atoms with Crippen LogP contribution in [0.15, 0.2) is 76.5 Å². The van der Waals surface area contributed by atoms with Crippen LogP contribution in [0.25, 0.3) is 5.69 Å². The van der Waals surface area contributed by atoms with Crippen molar-refractivity contribution in [3.63, 3.8) is 0 Å². The van der Waals surface area contributed by atoms with E-state index in [0.717, 1.165) is 36.6 Å². The van der Waals surface area contributed by atoms with E-state index in [0.29, 0.717) is 6.54 Å². The third-order valence-corrected chi connectivity index (χ3v) is 13.0. The molecule has 0 spiro atoms.